The minimum atomic E-state index is -0.0873. The smallest absolute Gasteiger partial charge is 0.252 e. The Hall–Kier alpha value is -1.36. The maximum absolute atomic E-state index is 11.5. The quantitative estimate of drug-likeness (QED) is 0.788. The number of aromatic nitrogens is 2. The topological polar surface area (TPSA) is 61.0 Å². The summed E-state index contributed by atoms with van der Waals surface area (Å²) in [5.74, 6) is 1.65. The van der Waals surface area contributed by atoms with E-state index >= 15 is 0 Å². The van der Waals surface area contributed by atoms with Gasteiger partial charge in [-0.3, -0.25) is 9.69 Å². The SMILES string of the molecule is CCN(CCNc1cc(=O)[nH]c(C(C)C)n1)C1CC1. The fourth-order valence-corrected chi connectivity index (χ4v) is 2.21. The lowest BCUT2D eigenvalue weighted by atomic mass is 10.2. The monoisotopic (exact) mass is 264 g/mol. The van der Waals surface area contributed by atoms with Gasteiger partial charge in [0.1, 0.15) is 11.6 Å². The summed E-state index contributed by atoms with van der Waals surface area (Å²) in [6.07, 6.45) is 2.66. The molecular weight excluding hydrogens is 240 g/mol. The van der Waals surface area contributed by atoms with Gasteiger partial charge in [0, 0.05) is 31.1 Å². The van der Waals surface area contributed by atoms with E-state index < -0.39 is 0 Å². The van der Waals surface area contributed by atoms with Crippen LogP contribution in [0.25, 0.3) is 0 Å². The summed E-state index contributed by atoms with van der Waals surface area (Å²) >= 11 is 0. The molecule has 0 radical (unpaired) electrons. The number of nitrogens with one attached hydrogen (secondary N) is 2. The fraction of sp³-hybridized carbons (Fsp3) is 0.714. The number of aromatic amines is 1. The Labute approximate surface area is 114 Å². The van der Waals surface area contributed by atoms with Crippen molar-refractivity contribution in [2.45, 2.75) is 45.6 Å². The maximum atomic E-state index is 11.5. The second-order valence-electron chi connectivity index (χ2n) is 5.46. The molecule has 1 aliphatic carbocycles. The Kier molecular flexibility index (Phi) is 4.58. The summed E-state index contributed by atoms with van der Waals surface area (Å²) in [5, 5.41) is 3.26. The fourth-order valence-electron chi connectivity index (χ4n) is 2.21. The molecule has 0 unspecified atom stereocenters. The predicted octanol–water partition coefficient (Wildman–Crippen LogP) is 1.79. The predicted molar refractivity (Wildman–Crippen MR) is 77.7 cm³/mol. The molecule has 5 heteroatoms. The molecule has 1 saturated carbocycles. The van der Waals surface area contributed by atoms with E-state index in [2.05, 4.69) is 27.1 Å². The molecule has 0 saturated heterocycles. The first-order valence-corrected chi connectivity index (χ1v) is 7.19. The summed E-state index contributed by atoms with van der Waals surface area (Å²) in [6.45, 7) is 9.17. The highest BCUT2D eigenvalue weighted by atomic mass is 16.1. The molecule has 5 nitrogen and oxygen atoms in total. The Morgan fingerprint density at radius 3 is 2.84 bits per heavy atom. The zero-order valence-electron chi connectivity index (χ0n) is 12.1. The minimum absolute atomic E-state index is 0.0873. The second kappa shape index (κ2) is 6.19. The minimum Gasteiger partial charge on any atom is -0.369 e. The van der Waals surface area contributed by atoms with Crippen LogP contribution in [0.2, 0.25) is 0 Å². The maximum Gasteiger partial charge on any atom is 0.252 e. The van der Waals surface area contributed by atoms with Crippen LogP contribution in [-0.4, -0.2) is 40.5 Å². The molecule has 1 heterocycles. The van der Waals surface area contributed by atoms with Gasteiger partial charge < -0.3 is 10.3 Å². The summed E-state index contributed by atoms with van der Waals surface area (Å²) in [4.78, 5) is 21.2. The van der Waals surface area contributed by atoms with Crippen molar-refractivity contribution in [2.75, 3.05) is 25.0 Å². The van der Waals surface area contributed by atoms with Crippen LogP contribution in [0.1, 0.15) is 45.4 Å². The van der Waals surface area contributed by atoms with Crippen molar-refractivity contribution in [3.63, 3.8) is 0 Å². The normalized spacial score (nSPS) is 15.2. The molecule has 0 bridgehead atoms. The Morgan fingerprint density at radius 1 is 1.53 bits per heavy atom. The average molecular weight is 264 g/mol. The Morgan fingerprint density at radius 2 is 2.26 bits per heavy atom. The molecule has 0 aromatic carbocycles. The van der Waals surface area contributed by atoms with Gasteiger partial charge in [-0.2, -0.15) is 0 Å². The van der Waals surface area contributed by atoms with Crippen molar-refractivity contribution >= 4 is 5.82 Å². The number of likely N-dealkylation sites (N-methyl/N-ethyl adjacent to an activating group) is 1. The Balaban J connectivity index is 1.89. The van der Waals surface area contributed by atoms with Crippen LogP contribution in [0.3, 0.4) is 0 Å². The molecule has 0 aliphatic heterocycles. The molecule has 0 atom stereocenters. The van der Waals surface area contributed by atoms with Crippen molar-refractivity contribution in [2.24, 2.45) is 0 Å². The zero-order valence-corrected chi connectivity index (χ0v) is 12.1. The van der Waals surface area contributed by atoms with Crippen molar-refractivity contribution in [1.29, 1.82) is 0 Å². The van der Waals surface area contributed by atoms with E-state index in [1.54, 1.807) is 0 Å². The number of nitrogens with zero attached hydrogens (tertiary/aromatic N) is 2. The molecule has 2 rings (SSSR count). The lowest BCUT2D eigenvalue weighted by molar-refractivity contribution is 0.289. The first-order valence-electron chi connectivity index (χ1n) is 7.19. The van der Waals surface area contributed by atoms with Crippen molar-refractivity contribution < 1.29 is 0 Å². The summed E-state index contributed by atoms with van der Waals surface area (Å²) in [6, 6.07) is 2.31. The highest BCUT2D eigenvalue weighted by Crippen LogP contribution is 2.25. The zero-order chi connectivity index (χ0) is 13.8. The van der Waals surface area contributed by atoms with Gasteiger partial charge >= 0.3 is 0 Å². The average Bonchev–Trinajstić information content (AvgIpc) is 3.18. The lowest BCUT2D eigenvalue weighted by Crippen LogP contribution is -2.31. The first kappa shape index (κ1) is 14.1. The van der Waals surface area contributed by atoms with Crippen molar-refractivity contribution in [3.8, 4) is 0 Å². The van der Waals surface area contributed by atoms with E-state index in [1.165, 1.54) is 18.9 Å². The third-order valence-electron chi connectivity index (χ3n) is 3.48. The van der Waals surface area contributed by atoms with E-state index in [1.807, 2.05) is 13.8 Å². The van der Waals surface area contributed by atoms with Gasteiger partial charge in [-0.1, -0.05) is 20.8 Å². The standard InChI is InChI=1S/C14H24N4O/c1-4-18(11-5-6-11)8-7-15-12-9-13(19)17-14(16-12)10(2)3/h9-11H,4-8H2,1-3H3,(H2,15,16,17,19). The van der Waals surface area contributed by atoms with Gasteiger partial charge in [0.15, 0.2) is 0 Å². The highest BCUT2D eigenvalue weighted by molar-refractivity contribution is 5.33. The molecule has 106 valence electrons. The molecular formula is C14H24N4O. The molecule has 1 fully saturated rings. The number of hydrogen-bond donors (Lipinski definition) is 2. The summed E-state index contributed by atoms with van der Waals surface area (Å²) in [5.41, 5.74) is -0.0873. The molecule has 19 heavy (non-hydrogen) atoms. The van der Waals surface area contributed by atoms with Crippen LogP contribution in [0.15, 0.2) is 10.9 Å². The van der Waals surface area contributed by atoms with Crippen LogP contribution in [0.4, 0.5) is 5.82 Å². The Bertz CT molecular complexity index is 465. The molecule has 1 aliphatic rings. The van der Waals surface area contributed by atoms with E-state index in [-0.39, 0.29) is 11.5 Å². The number of rotatable bonds is 7. The largest absolute Gasteiger partial charge is 0.369 e. The lowest BCUT2D eigenvalue weighted by Gasteiger charge is -2.20. The van der Waals surface area contributed by atoms with Crippen LogP contribution < -0.4 is 10.9 Å². The van der Waals surface area contributed by atoms with Gasteiger partial charge in [0.2, 0.25) is 0 Å². The van der Waals surface area contributed by atoms with Gasteiger partial charge in [-0.25, -0.2) is 4.98 Å². The molecule has 0 amide bonds. The first-order chi connectivity index (χ1) is 9.10. The second-order valence-corrected chi connectivity index (χ2v) is 5.46. The van der Waals surface area contributed by atoms with Gasteiger partial charge in [0.05, 0.1) is 0 Å². The molecule has 1 aromatic rings. The third-order valence-corrected chi connectivity index (χ3v) is 3.48. The number of hydrogen-bond acceptors (Lipinski definition) is 4. The van der Waals surface area contributed by atoms with Gasteiger partial charge in [-0.15, -0.1) is 0 Å². The third kappa shape index (κ3) is 4.06. The van der Waals surface area contributed by atoms with Crippen LogP contribution >= 0.6 is 0 Å². The van der Waals surface area contributed by atoms with Crippen molar-refractivity contribution in [3.05, 3.63) is 22.2 Å². The van der Waals surface area contributed by atoms with Crippen molar-refractivity contribution in [1.82, 2.24) is 14.9 Å². The van der Waals surface area contributed by atoms with E-state index in [0.29, 0.717) is 5.82 Å². The van der Waals surface area contributed by atoms with Crippen LogP contribution in [0, 0.1) is 0 Å². The molecule has 2 N–H and O–H groups in total. The van der Waals surface area contributed by atoms with E-state index in [0.717, 1.165) is 31.5 Å². The highest BCUT2D eigenvalue weighted by Gasteiger charge is 2.27. The number of H-pyrrole nitrogens is 1. The van der Waals surface area contributed by atoms with Crippen LogP contribution in [0.5, 0.6) is 0 Å². The summed E-state index contributed by atoms with van der Waals surface area (Å²) < 4.78 is 0. The molecule has 1 aromatic heterocycles. The van der Waals surface area contributed by atoms with E-state index in [4.69, 9.17) is 0 Å². The van der Waals surface area contributed by atoms with Crippen LogP contribution in [-0.2, 0) is 0 Å². The van der Waals surface area contributed by atoms with Gasteiger partial charge in [-0.05, 0) is 19.4 Å². The molecule has 0 spiro atoms. The summed E-state index contributed by atoms with van der Waals surface area (Å²) in [7, 11) is 0. The number of anilines is 1. The van der Waals surface area contributed by atoms with Gasteiger partial charge in [0.25, 0.3) is 5.56 Å². The van der Waals surface area contributed by atoms with E-state index in [9.17, 15) is 4.79 Å².